The van der Waals surface area contributed by atoms with Crippen molar-refractivity contribution in [2.45, 2.75) is 13.3 Å². The Hall–Kier alpha value is -0.390. The first-order valence-electron chi connectivity index (χ1n) is 5.07. The summed E-state index contributed by atoms with van der Waals surface area (Å²) in [6.07, 6.45) is -0.803. The third-order valence-corrected chi connectivity index (χ3v) is 4.95. The highest BCUT2D eigenvalue weighted by Gasteiger charge is 2.30. The topological polar surface area (TPSA) is 101 Å². The van der Waals surface area contributed by atoms with Crippen LogP contribution in [0.3, 0.4) is 0 Å². The van der Waals surface area contributed by atoms with Gasteiger partial charge in [0.15, 0.2) is 0 Å². The molecular formula is C9H16BrO6P. The van der Waals surface area contributed by atoms with Crippen LogP contribution in [-0.4, -0.2) is 46.2 Å². The monoisotopic (exact) mass is 330 g/mol. The first-order valence-corrected chi connectivity index (χ1v) is 8.22. The standard InChI is InChI=1S/C9H16BrO6P/c1-2-16-8(11)5-7(9(12)13)6-17(14,15)4-3-10/h7H,2-6H2,1H3,(H,12,13)(H,14,15). The minimum Gasteiger partial charge on any atom is -0.481 e. The number of carboxylic acid groups (broad SMARTS) is 1. The molecule has 0 heterocycles. The third kappa shape index (κ3) is 7.52. The zero-order valence-electron chi connectivity index (χ0n) is 9.47. The quantitative estimate of drug-likeness (QED) is 0.395. The summed E-state index contributed by atoms with van der Waals surface area (Å²) in [5.41, 5.74) is 0. The van der Waals surface area contributed by atoms with Gasteiger partial charge in [0.2, 0.25) is 7.37 Å². The predicted octanol–water partition coefficient (Wildman–Crippen LogP) is 1.31. The summed E-state index contributed by atoms with van der Waals surface area (Å²) in [4.78, 5) is 31.5. The van der Waals surface area contributed by atoms with Crippen LogP contribution in [0.5, 0.6) is 0 Å². The summed E-state index contributed by atoms with van der Waals surface area (Å²) in [6, 6.07) is 0. The molecule has 0 fully saturated rings. The van der Waals surface area contributed by atoms with Crippen LogP contribution in [0.25, 0.3) is 0 Å². The van der Waals surface area contributed by atoms with Crippen molar-refractivity contribution in [2.24, 2.45) is 5.92 Å². The largest absolute Gasteiger partial charge is 0.481 e. The van der Waals surface area contributed by atoms with E-state index in [2.05, 4.69) is 20.7 Å². The summed E-state index contributed by atoms with van der Waals surface area (Å²) in [6.45, 7) is 1.76. The van der Waals surface area contributed by atoms with Crippen LogP contribution in [0.4, 0.5) is 0 Å². The third-order valence-electron chi connectivity index (χ3n) is 2.01. The highest BCUT2D eigenvalue weighted by Crippen LogP contribution is 2.43. The van der Waals surface area contributed by atoms with Gasteiger partial charge in [-0.3, -0.25) is 14.2 Å². The highest BCUT2D eigenvalue weighted by atomic mass is 79.9. The number of hydrogen-bond donors (Lipinski definition) is 2. The fourth-order valence-corrected chi connectivity index (χ4v) is 4.30. The molecular weight excluding hydrogens is 315 g/mol. The van der Waals surface area contributed by atoms with Crippen LogP contribution in [0, 0.1) is 5.92 Å². The lowest BCUT2D eigenvalue weighted by molar-refractivity contribution is -0.150. The minimum absolute atomic E-state index is 0.0143. The maximum Gasteiger partial charge on any atom is 0.307 e. The lowest BCUT2D eigenvalue weighted by Crippen LogP contribution is -2.23. The van der Waals surface area contributed by atoms with Gasteiger partial charge in [-0.15, -0.1) is 0 Å². The molecule has 6 nitrogen and oxygen atoms in total. The molecule has 0 saturated carbocycles. The maximum atomic E-state index is 11.6. The molecule has 0 aliphatic heterocycles. The van der Waals surface area contributed by atoms with Crippen molar-refractivity contribution in [3.63, 3.8) is 0 Å². The molecule has 0 amide bonds. The lowest BCUT2D eigenvalue weighted by Gasteiger charge is -2.15. The van der Waals surface area contributed by atoms with Crippen LogP contribution < -0.4 is 0 Å². The molecule has 0 aromatic carbocycles. The molecule has 17 heavy (non-hydrogen) atoms. The summed E-state index contributed by atoms with van der Waals surface area (Å²) in [5, 5.41) is 9.18. The number of hydrogen-bond acceptors (Lipinski definition) is 4. The zero-order valence-corrected chi connectivity index (χ0v) is 11.9. The van der Waals surface area contributed by atoms with Gasteiger partial charge < -0.3 is 14.7 Å². The van der Waals surface area contributed by atoms with Crippen LogP contribution in [0.15, 0.2) is 0 Å². The Morgan fingerprint density at radius 1 is 1.47 bits per heavy atom. The Kier molecular flexibility index (Phi) is 7.66. The molecule has 8 heteroatoms. The number of aliphatic carboxylic acids is 1. The number of carboxylic acids is 1. The van der Waals surface area contributed by atoms with Gasteiger partial charge in [0.05, 0.1) is 18.9 Å². The average Bonchev–Trinajstić information content (AvgIpc) is 2.16. The molecule has 2 atom stereocenters. The maximum absolute atomic E-state index is 11.6. The minimum atomic E-state index is -3.51. The average molecular weight is 331 g/mol. The van der Waals surface area contributed by atoms with Crippen molar-refractivity contribution in [3.8, 4) is 0 Å². The van der Waals surface area contributed by atoms with Gasteiger partial charge in [0.25, 0.3) is 0 Å². The van der Waals surface area contributed by atoms with E-state index in [1.807, 2.05) is 0 Å². The predicted molar refractivity (Wildman–Crippen MR) is 65.7 cm³/mol. The molecule has 0 radical (unpaired) electrons. The Bertz CT molecular complexity index is 319. The molecule has 0 rings (SSSR count). The van der Waals surface area contributed by atoms with Crippen LogP contribution in [0.1, 0.15) is 13.3 Å². The molecule has 0 aliphatic carbocycles. The normalized spacial score (nSPS) is 15.9. The van der Waals surface area contributed by atoms with E-state index in [1.54, 1.807) is 6.92 Å². The van der Waals surface area contributed by atoms with Crippen molar-refractivity contribution in [2.75, 3.05) is 24.3 Å². The fourth-order valence-electron chi connectivity index (χ4n) is 1.22. The van der Waals surface area contributed by atoms with Crippen molar-refractivity contribution < 1.29 is 28.9 Å². The van der Waals surface area contributed by atoms with Gasteiger partial charge in [0, 0.05) is 17.7 Å². The van der Waals surface area contributed by atoms with Crippen molar-refractivity contribution in [1.29, 1.82) is 0 Å². The highest BCUT2D eigenvalue weighted by molar-refractivity contribution is 9.09. The second-order valence-electron chi connectivity index (χ2n) is 3.49. The van der Waals surface area contributed by atoms with Crippen LogP contribution in [0.2, 0.25) is 0 Å². The van der Waals surface area contributed by atoms with E-state index in [0.717, 1.165) is 0 Å². The number of carbonyl (C=O) groups is 2. The molecule has 100 valence electrons. The number of ether oxygens (including phenoxy) is 1. The van der Waals surface area contributed by atoms with Crippen molar-refractivity contribution in [1.82, 2.24) is 0 Å². The van der Waals surface area contributed by atoms with E-state index in [1.165, 1.54) is 0 Å². The first kappa shape index (κ1) is 16.6. The van der Waals surface area contributed by atoms with E-state index in [9.17, 15) is 19.0 Å². The number of halogens is 1. The van der Waals surface area contributed by atoms with E-state index in [0.29, 0.717) is 5.33 Å². The second kappa shape index (κ2) is 7.84. The van der Waals surface area contributed by atoms with Crippen LogP contribution in [-0.2, 0) is 18.9 Å². The Labute approximate surface area is 108 Å². The van der Waals surface area contributed by atoms with Gasteiger partial charge in [-0.05, 0) is 6.92 Å². The summed E-state index contributed by atoms with van der Waals surface area (Å²) >= 11 is 3.02. The molecule has 2 unspecified atom stereocenters. The van der Waals surface area contributed by atoms with Crippen molar-refractivity contribution in [3.05, 3.63) is 0 Å². The molecule has 0 aromatic heterocycles. The summed E-state index contributed by atoms with van der Waals surface area (Å²) in [7, 11) is -3.51. The summed E-state index contributed by atoms with van der Waals surface area (Å²) in [5.74, 6) is -3.11. The molecule has 0 bridgehead atoms. The smallest absolute Gasteiger partial charge is 0.307 e. The molecule has 0 aromatic rings. The van der Waals surface area contributed by atoms with E-state index < -0.39 is 31.4 Å². The Balaban J connectivity index is 4.49. The second-order valence-corrected chi connectivity index (χ2v) is 6.78. The number of esters is 1. The lowest BCUT2D eigenvalue weighted by atomic mass is 10.1. The number of carbonyl (C=O) groups excluding carboxylic acids is 1. The first-order chi connectivity index (χ1) is 7.82. The van der Waals surface area contributed by atoms with Gasteiger partial charge >= 0.3 is 11.9 Å². The molecule has 0 aliphatic rings. The van der Waals surface area contributed by atoms with E-state index in [4.69, 9.17) is 5.11 Å². The molecule has 0 spiro atoms. The number of rotatable bonds is 8. The Morgan fingerprint density at radius 3 is 2.47 bits per heavy atom. The summed E-state index contributed by atoms with van der Waals surface area (Å²) < 4.78 is 16.2. The van der Waals surface area contributed by atoms with Gasteiger partial charge in [-0.1, -0.05) is 15.9 Å². The zero-order chi connectivity index (χ0) is 13.5. The molecule has 0 saturated heterocycles. The SMILES string of the molecule is CCOC(=O)CC(CP(=O)(O)CCBr)C(=O)O. The Morgan fingerprint density at radius 2 is 2.06 bits per heavy atom. The van der Waals surface area contributed by atoms with Gasteiger partial charge in [-0.2, -0.15) is 0 Å². The fraction of sp³-hybridized carbons (Fsp3) is 0.778. The van der Waals surface area contributed by atoms with Gasteiger partial charge in [-0.25, -0.2) is 0 Å². The van der Waals surface area contributed by atoms with Crippen LogP contribution >= 0.6 is 23.3 Å². The van der Waals surface area contributed by atoms with E-state index >= 15 is 0 Å². The van der Waals surface area contributed by atoms with E-state index in [-0.39, 0.29) is 19.2 Å². The number of alkyl halides is 1. The molecule has 2 N–H and O–H groups in total. The van der Waals surface area contributed by atoms with Gasteiger partial charge in [0.1, 0.15) is 0 Å². The van der Waals surface area contributed by atoms with Crippen molar-refractivity contribution >= 4 is 35.2 Å².